The van der Waals surface area contributed by atoms with Crippen LogP contribution in [0.1, 0.15) is 31.1 Å². The van der Waals surface area contributed by atoms with E-state index < -0.39 is 0 Å². The van der Waals surface area contributed by atoms with Gasteiger partial charge in [0.15, 0.2) is 0 Å². The van der Waals surface area contributed by atoms with Gasteiger partial charge in [-0.1, -0.05) is 29.8 Å². The van der Waals surface area contributed by atoms with Crippen molar-refractivity contribution in [2.24, 2.45) is 11.8 Å². The molecule has 1 aromatic carbocycles. The third kappa shape index (κ3) is 3.07. The number of amides is 1. The fourth-order valence-corrected chi connectivity index (χ4v) is 5.50. The lowest BCUT2D eigenvalue weighted by Gasteiger charge is -2.29. The quantitative estimate of drug-likeness (QED) is 0.864. The molecular weight excluding hydrogens is 352 g/mol. The highest BCUT2D eigenvalue weighted by atomic mass is 16.5. The predicted octanol–water partition coefficient (Wildman–Crippen LogP) is 3.37. The first-order chi connectivity index (χ1) is 13.5. The summed E-state index contributed by atoms with van der Waals surface area (Å²) in [7, 11) is 0. The largest absolute Gasteiger partial charge is 0.460 e. The maximum absolute atomic E-state index is 11.4. The molecule has 28 heavy (non-hydrogen) atoms. The zero-order chi connectivity index (χ0) is 19.3. The predicted molar refractivity (Wildman–Crippen MR) is 107 cm³/mol. The number of ether oxygens (including phenoxy) is 1. The van der Waals surface area contributed by atoms with Crippen molar-refractivity contribution < 1.29 is 13.9 Å². The van der Waals surface area contributed by atoms with E-state index in [1.54, 1.807) is 6.92 Å². The van der Waals surface area contributed by atoms with Gasteiger partial charge < -0.3 is 14.5 Å². The number of fused-ring (bicyclic) bond motifs is 1. The Morgan fingerprint density at radius 3 is 2.86 bits per heavy atom. The van der Waals surface area contributed by atoms with Crippen LogP contribution in [-0.2, 0) is 16.1 Å². The van der Waals surface area contributed by atoms with Crippen LogP contribution in [0.5, 0.6) is 0 Å². The van der Waals surface area contributed by atoms with Gasteiger partial charge in [0.2, 0.25) is 5.91 Å². The van der Waals surface area contributed by atoms with Gasteiger partial charge in [0.25, 0.3) is 0 Å². The fraction of sp³-hybridized carbons (Fsp3) is 0.522. The highest BCUT2D eigenvalue weighted by Gasteiger charge is 2.62. The molecule has 5 heteroatoms. The van der Waals surface area contributed by atoms with Gasteiger partial charge in [-0.2, -0.15) is 0 Å². The Balaban J connectivity index is 1.27. The van der Waals surface area contributed by atoms with Crippen LogP contribution in [0.25, 0.3) is 11.3 Å². The van der Waals surface area contributed by atoms with E-state index >= 15 is 0 Å². The molecule has 3 aliphatic rings. The van der Waals surface area contributed by atoms with Gasteiger partial charge in [0.1, 0.15) is 11.5 Å². The van der Waals surface area contributed by atoms with Crippen molar-refractivity contribution >= 4 is 5.91 Å². The van der Waals surface area contributed by atoms with Crippen molar-refractivity contribution in [3.05, 3.63) is 47.7 Å². The van der Waals surface area contributed by atoms with Crippen LogP contribution in [0.4, 0.5) is 0 Å². The van der Waals surface area contributed by atoms with Gasteiger partial charge in [0.05, 0.1) is 18.2 Å². The van der Waals surface area contributed by atoms with Crippen LogP contribution in [0.15, 0.2) is 40.8 Å². The second kappa shape index (κ2) is 6.75. The average molecular weight is 380 g/mol. The van der Waals surface area contributed by atoms with Crippen LogP contribution in [0.2, 0.25) is 0 Å². The Bertz CT molecular complexity index is 874. The van der Waals surface area contributed by atoms with E-state index in [0.29, 0.717) is 17.9 Å². The van der Waals surface area contributed by atoms with E-state index in [1.807, 2.05) is 0 Å². The normalized spacial score (nSPS) is 31.3. The third-order valence-electron chi connectivity index (χ3n) is 6.82. The number of furan rings is 1. The van der Waals surface area contributed by atoms with Gasteiger partial charge in [-0.3, -0.25) is 9.69 Å². The molecule has 1 spiro atoms. The van der Waals surface area contributed by atoms with Crippen molar-refractivity contribution in [2.75, 3.05) is 19.6 Å². The van der Waals surface area contributed by atoms with E-state index in [2.05, 4.69) is 53.5 Å². The number of likely N-dealkylation sites (tertiary alicyclic amines) is 1. The first-order valence-electron chi connectivity index (χ1n) is 10.3. The molecule has 0 unspecified atom stereocenters. The molecule has 2 bridgehead atoms. The molecule has 5 rings (SSSR count). The molecule has 3 aliphatic heterocycles. The van der Waals surface area contributed by atoms with Crippen LogP contribution < -0.4 is 5.32 Å². The van der Waals surface area contributed by atoms with Crippen molar-refractivity contribution in [3.63, 3.8) is 0 Å². The minimum atomic E-state index is -0.0137. The zero-order valence-electron chi connectivity index (χ0n) is 16.6. The molecule has 0 radical (unpaired) electrons. The van der Waals surface area contributed by atoms with Crippen LogP contribution in [0.3, 0.4) is 0 Å². The number of nitrogens with one attached hydrogen (secondary N) is 1. The molecule has 4 heterocycles. The number of carbonyl (C=O) groups excluding carboxylic acids is 1. The third-order valence-corrected chi connectivity index (χ3v) is 6.82. The second-order valence-electron chi connectivity index (χ2n) is 8.77. The standard InChI is InChI=1S/C23H28N2O3/c1-15-3-5-17(6-4-15)21-8-7-18(27-21)12-25-13-20-19(11-24-16(2)26)22-9-10-23(20,14-25)28-22/h3-8,19-20,22H,9-14H2,1-2H3,(H,24,26)/t19-,20+,22+,23+/m0/s1. The van der Waals surface area contributed by atoms with Gasteiger partial charge in [-0.25, -0.2) is 0 Å². The highest BCUT2D eigenvalue weighted by molar-refractivity contribution is 5.72. The summed E-state index contributed by atoms with van der Waals surface area (Å²) >= 11 is 0. The summed E-state index contributed by atoms with van der Waals surface area (Å²) in [6.45, 7) is 7.21. The Kier molecular flexibility index (Phi) is 4.33. The SMILES string of the molecule is CC(=O)NC[C@H]1[C@H]2CN(Cc3ccc(-c4ccc(C)cc4)o3)C[C@]23CC[C@H]1O3. The molecule has 0 saturated carbocycles. The minimum Gasteiger partial charge on any atom is -0.460 e. The van der Waals surface area contributed by atoms with Crippen LogP contribution in [-0.4, -0.2) is 42.1 Å². The molecule has 3 saturated heterocycles. The highest BCUT2D eigenvalue weighted by Crippen LogP contribution is 2.54. The summed E-state index contributed by atoms with van der Waals surface area (Å²) in [6.07, 6.45) is 2.57. The fourth-order valence-electron chi connectivity index (χ4n) is 5.50. The van der Waals surface area contributed by atoms with Crippen molar-refractivity contribution in [3.8, 4) is 11.3 Å². The zero-order valence-corrected chi connectivity index (χ0v) is 16.6. The number of hydrogen-bond donors (Lipinski definition) is 1. The van der Waals surface area contributed by atoms with Crippen LogP contribution >= 0.6 is 0 Å². The maximum atomic E-state index is 11.4. The Morgan fingerprint density at radius 2 is 2.07 bits per heavy atom. The number of aryl methyl sites for hydroxylation is 1. The van der Waals surface area contributed by atoms with Crippen molar-refractivity contribution in [1.29, 1.82) is 0 Å². The molecule has 1 aromatic heterocycles. The molecule has 148 valence electrons. The summed E-state index contributed by atoms with van der Waals surface area (Å²) in [5.74, 6) is 2.91. The average Bonchev–Trinajstić information content (AvgIpc) is 3.41. The first-order valence-corrected chi connectivity index (χ1v) is 10.3. The summed E-state index contributed by atoms with van der Waals surface area (Å²) in [6, 6.07) is 12.6. The van der Waals surface area contributed by atoms with Gasteiger partial charge in [0, 0.05) is 44.0 Å². The summed E-state index contributed by atoms with van der Waals surface area (Å²) in [4.78, 5) is 13.8. The van der Waals surface area contributed by atoms with Gasteiger partial charge >= 0.3 is 0 Å². The maximum Gasteiger partial charge on any atom is 0.216 e. The first kappa shape index (κ1) is 18.0. The lowest BCUT2D eigenvalue weighted by molar-refractivity contribution is -0.119. The summed E-state index contributed by atoms with van der Waals surface area (Å²) < 4.78 is 12.6. The molecule has 1 amide bonds. The van der Waals surface area contributed by atoms with E-state index in [0.717, 1.165) is 56.1 Å². The molecule has 3 fully saturated rings. The molecule has 2 aromatic rings. The second-order valence-corrected chi connectivity index (χ2v) is 8.77. The Hall–Kier alpha value is -2.11. The Morgan fingerprint density at radius 1 is 1.25 bits per heavy atom. The van der Waals surface area contributed by atoms with E-state index in [4.69, 9.17) is 9.15 Å². The molecule has 1 N–H and O–H groups in total. The van der Waals surface area contributed by atoms with E-state index in [1.165, 1.54) is 5.56 Å². The van der Waals surface area contributed by atoms with Crippen molar-refractivity contribution in [1.82, 2.24) is 10.2 Å². The van der Waals surface area contributed by atoms with E-state index in [9.17, 15) is 4.79 Å². The lowest BCUT2D eigenvalue weighted by atomic mass is 9.73. The molecular formula is C23H28N2O3. The van der Waals surface area contributed by atoms with Crippen molar-refractivity contribution in [2.45, 2.75) is 44.9 Å². The smallest absolute Gasteiger partial charge is 0.216 e. The number of hydrogen-bond acceptors (Lipinski definition) is 4. The Labute approximate surface area is 166 Å². The van der Waals surface area contributed by atoms with Gasteiger partial charge in [-0.05, 0) is 31.9 Å². The topological polar surface area (TPSA) is 54.7 Å². The number of rotatable bonds is 5. The number of nitrogens with zero attached hydrogens (tertiary/aromatic N) is 1. The number of benzene rings is 1. The summed E-state index contributed by atoms with van der Waals surface area (Å²) in [5.41, 5.74) is 2.35. The van der Waals surface area contributed by atoms with Gasteiger partial charge in [-0.15, -0.1) is 0 Å². The van der Waals surface area contributed by atoms with Crippen LogP contribution in [0, 0.1) is 18.8 Å². The molecule has 5 nitrogen and oxygen atoms in total. The molecule has 0 aliphatic carbocycles. The van der Waals surface area contributed by atoms with E-state index in [-0.39, 0.29) is 11.5 Å². The molecule has 4 atom stereocenters. The minimum absolute atomic E-state index is 0.0137. The lowest BCUT2D eigenvalue weighted by Crippen LogP contribution is -2.41. The summed E-state index contributed by atoms with van der Waals surface area (Å²) in [5, 5.41) is 3.02. The number of carbonyl (C=O) groups is 1. The monoisotopic (exact) mass is 380 g/mol.